The Hall–Kier alpha value is -0.610. The highest BCUT2D eigenvalue weighted by Gasteiger charge is 2.40. The summed E-state index contributed by atoms with van der Waals surface area (Å²) in [4.78, 5) is 15.6. The Kier molecular flexibility index (Phi) is 4.44. The number of hydrogen-bond donors (Lipinski definition) is 1. The van der Waals surface area contributed by atoms with Gasteiger partial charge in [-0.3, -0.25) is 14.6 Å². The van der Waals surface area contributed by atoms with Crippen molar-refractivity contribution in [2.75, 3.05) is 20.1 Å². The Morgan fingerprint density at radius 1 is 1.39 bits per heavy atom. The molecule has 0 bridgehead atoms. The highest BCUT2D eigenvalue weighted by atomic mass is 16.4. The summed E-state index contributed by atoms with van der Waals surface area (Å²) >= 11 is 0. The van der Waals surface area contributed by atoms with Gasteiger partial charge < -0.3 is 5.11 Å². The van der Waals surface area contributed by atoms with E-state index < -0.39 is 5.97 Å². The molecule has 1 aliphatic rings. The van der Waals surface area contributed by atoms with Crippen LogP contribution in [-0.2, 0) is 4.79 Å². The van der Waals surface area contributed by atoms with Crippen LogP contribution in [-0.4, -0.2) is 58.1 Å². The SMILES string of the molecule is CN1C(CCC(=O)O)CN(C(C)(C)C)CC1(C)C. The monoisotopic (exact) mass is 256 g/mol. The predicted molar refractivity (Wildman–Crippen MR) is 73.8 cm³/mol. The van der Waals surface area contributed by atoms with Crippen LogP contribution in [0.15, 0.2) is 0 Å². The Balaban J connectivity index is 2.79. The smallest absolute Gasteiger partial charge is 0.303 e. The van der Waals surface area contributed by atoms with E-state index in [-0.39, 0.29) is 17.5 Å². The highest BCUT2D eigenvalue weighted by Crippen LogP contribution is 2.29. The predicted octanol–water partition coefficient (Wildman–Crippen LogP) is 2.04. The minimum atomic E-state index is -0.700. The van der Waals surface area contributed by atoms with Crippen LogP contribution in [0, 0.1) is 0 Å². The fraction of sp³-hybridized carbons (Fsp3) is 0.929. The minimum Gasteiger partial charge on any atom is -0.481 e. The Morgan fingerprint density at radius 3 is 2.39 bits per heavy atom. The summed E-state index contributed by atoms with van der Waals surface area (Å²) in [5.41, 5.74) is 0.231. The van der Waals surface area contributed by atoms with Crippen LogP contribution in [0.3, 0.4) is 0 Å². The van der Waals surface area contributed by atoms with Crippen LogP contribution in [0.5, 0.6) is 0 Å². The molecule has 0 radical (unpaired) electrons. The first-order valence-corrected chi connectivity index (χ1v) is 6.74. The van der Waals surface area contributed by atoms with Crippen molar-refractivity contribution in [1.82, 2.24) is 9.80 Å². The van der Waals surface area contributed by atoms with Gasteiger partial charge in [0.1, 0.15) is 0 Å². The summed E-state index contributed by atoms with van der Waals surface area (Å²) in [5, 5.41) is 8.85. The zero-order valence-corrected chi connectivity index (χ0v) is 12.7. The van der Waals surface area contributed by atoms with Gasteiger partial charge in [0.25, 0.3) is 0 Å². The lowest BCUT2D eigenvalue weighted by atomic mass is 9.90. The maximum Gasteiger partial charge on any atom is 0.303 e. The second-order valence-corrected chi connectivity index (χ2v) is 7.06. The van der Waals surface area contributed by atoms with E-state index in [0.717, 1.165) is 19.5 Å². The van der Waals surface area contributed by atoms with Crippen molar-refractivity contribution >= 4 is 5.97 Å². The third kappa shape index (κ3) is 3.69. The minimum absolute atomic E-state index is 0.0920. The number of piperazine rings is 1. The molecule has 0 aliphatic carbocycles. The maximum absolute atomic E-state index is 10.8. The molecule has 0 aromatic carbocycles. The van der Waals surface area contributed by atoms with E-state index in [1.54, 1.807) is 0 Å². The summed E-state index contributed by atoms with van der Waals surface area (Å²) in [7, 11) is 2.12. The zero-order chi connectivity index (χ0) is 14.1. The zero-order valence-electron chi connectivity index (χ0n) is 12.7. The molecule has 4 nitrogen and oxygen atoms in total. The van der Waals surface area contributed by atoms with Gasteiger partial charge in [0.15, 0.2) is 0 Å². The van der Waals surface area contributed by atoms with Gasteiger partial charge in [-0.15, -0.1) is 0 Å². The van der Waals surface area contributed by atoms with Crippen molar-refractivity contribution in [2.24, 2.45) is 0 Å². The Morgan fingerprint density at radius 2 is 1.94 bits per heavy atom. The van der Waals surface area contributed by atoms with Gasteiger partial charge in [-0.25, -0.2) is 0 Å². The quantitative estimate of drug-likeness (QED) is 0.839. The lowest BCUT2D eigenvalue weighted by Crippen LogP contribution is -2.65. The van der Waals surface area contributed by atoms with Gasteiger partial charge in [-0.05, 0) is 48.1 Å². The molecule has 0 amide bonds. The average molecular weight is 256 g/mol. The first kappa shape index (κ1) is 15.4. The molecule has 1 atom stereocenters. The molecule has 0 spiro atoms. The molecule has 1 saturated heterocycles. The molecule has 1 N–H and O–H groups in total. The first-order valence-electron chi connectivity index (χ1n) is 6.74. The molecule has 0 aromatic rings. The molecule has 1 aliphatic heterocycles. The normalized spacial score (nSPS) is 26.2. The van der Waals surface area contributed by atoms with Gasteiger partial charge in [0.2, 0.25) is 0 Å². The molecule has 18 heavy (non-hydrogen) atoms. The van der Waals surface area contributed by atoms with Crippen LogP contribution in [0.2, 0.25) is 0 Å². The van der Waals surface area contributed by atoms with Crippen molar-refractivity contribution < 1.29 is 9.90 Å². The largest absolute Gasteiger partial charge is 0.481 e. The van der Waals surface area contributed by atoms with Crippen molar-refractivity contribution in [3.63, 3.8) is 0 Å². The second kappa shape index (κ2) is 5.17. The van der Waals surface area contributed by atoms with Gasteiger partial charge in [0, 0.05) is 36.6 Å². The molecule has 1 heterocycles. The third-order valence-corrected chi connectivity index (χ3v) is 4.15. The van der Waals surface area contributed by atoms with Crippen molar-refractivity contribution in [2.45, 2.75) is 64.6 Å². The summed E-state index contributed by atoms with van der Waals surface area (Å²) in [6.45, 7) is 13.1. The fourth-order valence-electron chi connectivity index (χ4n) is 2.60. The fourth-order valence-corrected chi connectivity index (χ4v) is 2.60. The van der Waals surface area contributed by atoms with E-state index in [1.165, 1.54) is 0 Å². The number of carboxylic acid groups (broad SMARTS) is 1. The number of carbonyl (C=O) groups is 1. The topological polar surface area (TPSA) is 43.8 Å². The van der Waals surface area contributed by atoms with Crippen LogP contribution in [0.4, 0.5) is 0 Å². The summed E-state index contributed by atoms with van der Waals surface area (Å²) in [6.07, 6.45) is 0.977. The van der Waals surface area contributed by atoms with E-state index in [1.807, 2.05) is 0 Å². The van der Waals surface area contributed by atoms with Crippen LogP contribution >= 0.6 is 0 Å². The third-order valence-electron chi connectivity index (χ3n) is 4.15. The van der Waals surface area contributed by atoms with Crippen LogP contribution in [0.1, 0.15) is 47.5 Å². The number of nitrogens with zero attached hydrogens (tertiary/aromatic N) is 2. The highest BCUT2D eigenvalue weighted by molar-refractivity contribution is 5.66. The van der Waals surface area contributed by atoms with Gasteiger partial charge in [-0.1, -0.05) is 0 Å². The lowest BCUT2D eigenvalue weighted by Gasteiger charge is -2.54. The molecule has 0 saturated carbocycles. The lowest BCUT2D eigenvalue weighted by molar-refractivity contribution is -0.138. The number of rotatable bonds is 3. The summed E-state index contributed by atoms with van der Waals surface area (Å²) < 4.78 is 0. The van der Waals surface area contributed by atoms with Gasteiger partial charge in [0.05, 0.1) is 0 Å². The van der Waals surface area contributed by atoms with Crippen molar-refractivity contribution in [3.05, 3.63) is 0 Å². The average Bonchev–Trinajstić information content (AvgIpc) is 2.18. The second-order valence-electron chi connectivity index (χ2n) is 7.06. The molecule has 1 unspecified atom stereocenters. The molecule has 106 valence electrons. The molecule has 0 aromatic heterocycles. The molecule has 1 fully saturated rings. The number of carboxylic acids is 1. The number of hydrogen-bond acceptors (Lipinski definition) is 3. The van der Waals surface area contributed by atoms with E-state index in [9.17, 15) is 4.79 Å². The molecule has 4 heteroatoms. The number of aliphatic carboxylic acids is 1. The summed E-state index contributed by atoms with van der Waals surface area (Å²) in [5.74, 6) is -0.700. The standard InChI is InChI=1S/C14H28N2O2/c1-13(2,3)16-9-11(7-8-12(17)18)15(6)14(4,5)10-16/h11H,7-10H2,1-6H3,(H,17,18). The molecular weight excluding hydrogens is 228 g/mol. The van der Waals surface area contributed by atoms with E-state index >= 15 is 0 Å². The molecular formula is C14H28N2O2. The maximum atomic E-state index is 10.8. The van der Waals surface area contributed by atoms with E-state index in [4.69, 9.17) is 5.11 Å². The first-order chi connectivity index (χ1) is 8.04. The van der Waals surface area contributed by atoms with Gasteiger partial charge >= 0.3 is 5.97 Å². The van der Waals surface area contributed by atoms with Crippen molar-refractivity contribution in [3.8, 4) is 0 Å². The van der Waals surface area contributed by atoms with E-state index in [0.29, 0.717) is 6.04 Å². The molecule has 1 rings (SSSR count). The summed E-state index contributed by atoms with van der Waals surface area (Å²) in [6, 6.07) is 0.323. The van der Waals surface area contributed by atoms with Crippen LogP contribution < -0.4 is 0 Å². The van der Waals surface area contributed by atoms with E-state index in [2.05, 4.69) is 51.5 Å². The van der Waals surface area contributed by atoms with Crippen molar-refractivity contribution in [1.29, 1.82) is 0 Å². The Labute approximate surface area is 111 Å². The van der Waals surface area contributed by atoms with Crippen LogP contribution in [0.25, 0.3) is 0 Å². The van der Waals surface area contributed by atoms with Gasteiger partial charge in [-0.2, -0.15) is 0 Å². The Bertz CT molecular complexity index is 307. The number of likely N-dealkylation sites (N-methyl/N-ethyl adjacent to an activating group) is 1.